The summed E-state index contributed by atoms with van der Waals surface area (Å²) in [5.74, 6) is -15.5. The Morgan fingerprint density at radius 1 is 0.347 bits per heavy atom. The highest BCUT2D eigenvalue weighted by molar-refractivity contribution is 6.01. The molecule has 0 aliphatic heterocycles. The van der Waals surface area contributed by atoms with Gasteiger partial charge < -0.3 is 120 Å². The lowest BCUT2D eigenvalue weighted by Crippen LogP contribution is -2.62. The number of H-pyrrole nitrogens is 1. The van der Waals surface area contributed by atoms with E-state index in [9.17, 15) is 76.7 Å². The number of hydrogen-bond donors (Lipinski definition) is 22. The molecule has 2 aromatic rings. The van der Waals surface area contributed by atoms with Crippen LogP contribution >= 0.6 is 0 Å². The second-order valence-electron chi connectivity index (χ2n) is 33.8. The first-order chi connectivity index (χ1) is 57.1. The molecule has 0 aliphatic rings. The maximum absolute atomic E-state index is 14.8. The first kappa shape index (κ1) is 107. The highest BCUT2D eigenvalue weighted by atomic mass is 16.2. The van der Waals surface area contributed by atoms with E-state index in [4.69, 9.17) is 40.1 Å². The van der Waals surface area contributed by atoms with Crippen LogP contribution in [0.5, 0.6) is 0 Å². The second kappa shape index (κ2) is 56.6. The molecule has 1 aromatic carbocycles. The van der Waals surface area contributed by atoms with Crippen molar-refractivity contribution in [3.05, 3.63) is 36.0 Å². The van der Waals surface area contributed by atoms with Gasteiger partial charge in [0.2, 0.25) is 94.5 Å². The number of carbonyl (C=O) groups excluding carboxylic acids is 16. The molecule has 0 saturated carbocycles. The first-order valence-corrected chi connectivity index (χ1v) is 42.9. The predicted octanol–water partition coefficient (Wildman–Crippen LogP) is -1.49. The summed E-state index contributed by atoms with van der Waals surface area (Å²) in [6.45, 7) is 24.3. The summed E-state index contributed by atoms with van der Waals surface area (Å²) in [6, 6.07) is -9.63. The van der Waals surface area contributed by atoms with Crippen molar-refractivity contribution in [2.45, 2.75) is 297 Å². The zero-order valence-corrected chi connectivity index (χ0v) is 73.7. The van der Waals surface area contributed by atoms with Crippen LogP contribution in [0.1, 0.15) is 218 Å². The van der Waals surface area contributed by atoms with Crippen molar-refractivity contribution in [1.29, 1.82) is 0 Å². The van der Waals surface area contributed by atoms with E-state index in [0.29, 0.717) is 63.4 Å². The molecule has 121 heavy (non-hydrogen) atoms. The number of primary amides is 2. The smallest absolute Gasteiger partial charge is 0.243 e. The van der Waals surface area contributed by atoms with E-state index < -0.39 is 210 Å². The van der Waals surface area contributed by atoms with Crippen molar-refractivity contribution < 1.29 is 76.7 Å². The molecule has 0 saturated heterocycles. The Morgan fingerprint density at radius 3 is 1.06 bits per heavy atom. The molecule has 0 unspecified atom stereocenters. The number of amides is 16. The zero-order valence-electron chi connectivity index (χ0n) is 73.7. The van der Waals surface area contributed by atoms with Crippen LogP contribution in [0, 0.1) is 41.4 Å². The van der Waals surface area contributed by atoms with Gasteiger partial charge in [0.1, 0.15) is 78.5 Å². The fraction of sp³-hybridized carbons (Fsp3) is 0.711. The van der Waals surface area contributed by atoms with Crippen molar-refractivity contribution in [2.24, 2.45) is 81.6 Å². The molecule has 0 fully saturated rings. The molecule has 0 radical (unpaired) electrons. The molecule has 0 aliphatic carbocycles. The second-order valence-corrected chi connectivity index (χ2v) is 33.8. The van der Waals surface area contributed by atoms with Crippen LogP contribution in [0.15, 0.2) is 30.5 Å². The molecule has 684 valence electrons. The van der Waals surface area contributed by atoms with Crippen molar-refractivity contribution in [1.82, 2.24) is 79.4 Å². The summed E-state index contributed by atoms with van der Waals surface area (Å²) in [7, 11) is 0. The lowest BCUT2D eigenvalue weighted by atomic mass is 9.95. The van der Waals surface area contributed by atoms with E-state index >= 15 is 0 Å². The summed E-state index contributed by atoms with van der Waals surface area (Å²) in [5, 5.41) is 38.4. The topological polar surface area (TPSA) is 639 Å². The van der Waals surface area contributed by atoms with Crippen molar-refractivity contribution in [3.63, 3.8) is 0 Å². The number of hydrogen-bond acceptors (Lipinski definition) is 21. The SMILES string of the molecule is CC[C@H](C)[C@H](NC(=O)[C@H](CCCCN)NC(=O)[C@H](CCCCN)NC(=O)CNC(=O)[C@H](CC(C)C)NC(=O)[C@H](CCCCN)NC(=O)[C@H](Cc1c[nH]c2ccccc12)NC(=O)CN)C(=O)N[C@@H](CC(C)C)C(=O)N[C@@H](CC(N)=O)C(=O)N[C@H](C(=O)N[C@@H](CC(C)C)C(=O)N[C@@H](CCCCN)C(=O)N[C@H](C(=O)N[C@@H](CC(C)C)C(N)=O)C(C)C)C(C)C. The van der Waals surface area contributed by atoms with E-state index in [-0.39, 0.29) is 108 Å². The van der Waals surface area contributed by atoms with Gasteiger partial charge in [0.25, 0.3) is 0 Å². The molecular formula is C83H146N22O16. The Balaban J connectivity index is 2.45. The van der Waals surface area contributed by atoms with Gasteiger partial charge in [-0.1, -0.05) is 122 Å². The highest BCUT2D eigenvalue weighted by Crippen LogP contribution is 2.22. The van der Waals surface area contributed by atoms with Crippen molar-refractivity contribution in [2.75, 3.05) is 39.3 Å². The van der Waals surface area contributed by atoms with Gasteiger partial charge in [-0.05, 0) is 182 Å². The Bertz CT molecular complexity index is 3670. The fourth-order valence-electron chi connectivity index (χ4n) is 13.5. The average Bonchev–Trinajstić information content (AvgIpc) is 1.75. The van der Waals surface area contributed by atoms with Crippen LogP contribution in [-0.4, -0.2) is 217 Å². The summed E-state index contributed by atoms with van der Waals surface area (Å²) >= 11 is 0. The number of nitrogens with two attached hydrogens (primary N) is 7. The van der Waals surface area contributed by atoms with Crippen LogP contribution in [0.4, 0.5) is 0 Å². The number of aromatic amines is 1. The number of carbonyl (C=O) groups is 16. The maximum Gasteiger partial charge on any atom is 0.243 e. The van der Waals surface area contributed by atoms with Crippen LogP contribution < -0.4 is 115 Å². The molecule has 38 nitrogen and oxygen atoms in total. The minimum atomic E-state index is -1.75. The zero-order chi connectivity index (χ0) is 91.3. The molecule has 2 rings (SSSR count). The number of para-hydroxylation sites is 1. The Hall–Kier alpha value is -9.92. The average molecular weight is 1710 g/mol. The van der Waals surface area contributed by atoms with E-state index in [0.717, 1.165) is 10.9 Å². The third-order valence-corrected chi connectivity index (χ3v) is 20.4. The molecule has 0 spiro atoms. The Labute approximate surface area is 712 Å². The minimum Gasteiger partial charge on any atom is -0.370 e. The number of rotatable bonds is 61. The normalized spacial score (nSPS) is 15.0. The van der Waals surface area contributed by atoms with Crippen molar-refractivity contribution >= 4 is 105 Å². The van der Waals surface area contributed by atoms with Crippen molar-refractivity contribution in [3.8, 4) is 0 Å². The Morgan fingerprint density at radius 2 is 0.669 bits per heavy atom. The molecule has 38 heteroatoms. The number of aromatic nitrogens is 1. The van der Waals surface area contributed by atoms with E-state index in [2.05, 4.69) is 79.4 Å². The number of benzene rings is 1. The Kier molecular flexibility index (Phi) is 50.1. The van der Waals surface area contributed by atoms with Gasteiger partial charge in [-0.2, -0.15) is 0 Å². The quantitative estimate of drug-likeness (QED) is 0.0335. The molecule has 1 aromatic heterocycles. The fourth-order valence-corrected chi connectivity index (χ4v) is 13.5. The van der Waals surface area contributed by atoms with Gasteiger partial charge in [0.15, 0.2) is 0 Å². The number of unbranched alkanes of at least 4 members (excludes halogenated alkanes) is 4. The predicted molar refractivity (Wildman–Crippen MR) is 461 cm³/mol. The van der Waals surface area contributed by atoms with E-state index in [1.165, 1.54) is 0 Å². The maximum atomic E-state index is 14.8. The lowest BCUT2D eigenvalue weighted by molar-refractivity contribution is -0.137. The van der Waals surface area contributed by atoms with Crippen LogP contribution in [0.25, 0.3) is 10.9 Å². The van der Waals surface area contributed by atoms with Gasteiger partial charge in [0, 0.05) is 23.5 Å². The monoisotopic (exact) mass is 1710 g/mol. The van der Waals surface area contributed by atoms with Gasteiger partial charge in [0.05, 0.1) is 19.5 Å². The van der Waals surface area contributed by atoms with Gasteiger partial charge in [-0.3, -0.25) is 76.7 Å². The molecule has 0 bridgehead atoms. The molecule has 14 atom stereocenters. The third-order valence-electron chi connectivity index (χ3n) is 20.4. The summed E-state index contributed by atoms with van der Waals surface area (Å²) in [5.41, 5.74) is 41.8. The first-order valence-electron chi connectivity index (χ1n) is 42.9. The standard InChI is InChI=1S/C83H146N22O16/c1-15-51(14)70(83(121)102-62(39-48(8)9)78(116)100-64(41-65(89)106)80(118)104-69(50(12)13)82(120)101-61(38-47(6)7)77(115)97-57(30-20-24-34-86)75(113)103-68(49(10)11)81(119)98-59(71(90)109)36-45(2)3)105-76(114)58(31-21-25-35-87)95-73(111)55(28-18-22-32-84)93-67(108)44-92-72(110)60(37-46(4)5)99-74(112)56(29-19-23-33-85)96-79(117)63(94-66(107)42-88)40-52-43-91-54-27-17-16-26-53(52)54/h16-17,26-27,43,45-51,55-64,68-70,91H,15,18-25,28-42,44,84-88H2,1-14H3,(H2,89,106)(H2,90,109)(H,92,110)(H,93,108)(H,94,107)(H,95,111)(H,96,117)(H,97,115)(H,98,119)(H,99,112)(H,100,116)(H,101,120)(H,102,121)(H,103,113)(H,104,118)(H,105,114)/t51-,55-,56-,57-,58-,59-,60-,61-,62-,63-,64-,68-,69-,70-/m0/s1. The minimum absolute atomic E-state index is 0.00355. The van der Waals surface area contributed by atoms with Crippen LogP contribution in [0.3, 0.4) is 0 Å². The largest absolute Gasteiger partial charge is 0.370 e. The molecular weight excluding hydrogens is 1560 g/mol. The van der Waals surface area contributed by atoms with Gasteiger partial charge in [-0.15, -0.1) is 0 Å². The summed E-state index contributed by atoms with van der Waals surface area (Å²) in [6.07, 6.45) is 4.94. The van der Waals surface area contributed by atoms with Crippen LogP contribution in [-0.2, 0) is 83.1 Å². The molecule has 29 N–H and O–H groups in total. The summed E-state index contributed by atoms with van der Waals surface area (Å²) in [4.78, 5) is 227. The van der Waals surface area contributed by atoms with Gasteiger partial charge in [-0.25, -0.2) is 0 Å². The molecule has 1 heterocycles. The van der Waals surface area contributed by atoms with Crippen LogP contribution in [0.2, 0.25) is 0 Å². The van der Waals surface area contributed by atoms with Gasteiger partial charge >= 0.3 is 0 Å². The lowest BCUT2D eigenvalue weighted by Gasteiger charge is -2.30. The van der Waals surface area contributed by atoms with E-state index in [1.54, 1.807) is 75.4 Å². The number of nitrogens with one attached hydrogen (secondary N) is 15. The summed E-state index contributed by atoms with van der Waals surface area (Å²) < 4.78 is 0. The molecule has 16 amide bonds. The van der Waals surface area contributed by atoms with E-state index in [1.807, 2.05) is 52.0 Å². The third kappa shape index (κ3) is 40.1. The highest BCUT2D eigenvalue weighted by Gasteiger charge is 2.40. The number of fused-ring (bicyclic) bond motifs is 1.